The van der Waals surface area contributed by atoms with Crippen molar-refractivity contribution in [1.82, 2.24) is 5.32 Å². The van der Waals surface area contributed by atoms with Gasteiger partial charge in [-0.05, 0) is 12.8 Å². The molecule has 1 N–H and O–H groups in total. The molecule has 2 heteroatoms. The maximum absolute atomic E-state index is 5.22. The zero-order valence-electron chi connectivity index (χ0n) is 7.81. The van der Waals surface area contributed by atoms with Gasteiger partial charge in [0.05, 0.1) is 6.61 Å². The second kappa shape index (κ2) is 3.55. The summed E-state index contributed by atoms with van der Waals surface area (Å²) in [5, 5.41) is 3.41. The molecule has 0 saturated carbocycles. The minimum absolute atomic E-state index is 0.0303. The Labute approximate surface area is 69.3 Å². The Bertz CT molecular complexity index is 117. The van der Waals surface area contributed by atoms with Crippen molar-refractivity contribution in [3.63, 3.8) is 0 Å². The van der Waals surface area contributed by atoms with Gasteiger partial charge in [0.15, 0.2) is 0 Å². The van der Waals surface area contributed by atoms with Crippen molar-refractivity contribution in [1.29, 1.82) is 0 Å². The topological polar surface area (TPSA) is 24.6 Å². The monoisotopic (exact) mass is 157 g/mol. The highest BCUT2D eigenvalue weighted by Crippen LogP contribution is 2.22. The highest BCUT2D eigenvalue weighted by atomic mass is 16.6. The van der Waals surface area contributed by atoms with E-state index in [-0.39, 0.29) is 5.72 Å². The van der Waals surface area contributed by atoms with E-state index in [1.54, 1.807) is 0 Å². The summed E-state index contributed by atoms with van der Waals surface area (Å²) < 4.78 is 5.22. The largest absolute Gasteiger partial charge is 0.354 e. The summed E-state index contributed by atoms with van der Waals surface area (Å²) in [4.78, 5) is 0. The molecule has 11 heavy (non-hydrogen) atoms. The molecule has 1 rings (SSSR count). The third-order valence-corrected chi connectivity index (χ3v) is 2.50. The molecule has 0 spiro atoms. The predicted molar refractivity (Wildman–Crippen MR) is 46.4 cm³/mol. The van der Waals surface area contributed by atoms with Crippen LogP contribution in [0.2, 0.25) is 0 Å². The Morgan fingerprint density at radius 1 is 1.45 bits per heavy atom. The van der Waals surface area contributed by atoms with Crippen molar-refractivity contribution >= 4 is 0 Å². The van der Waals surface area contributed by atoms with E-state index >= 15 is 0 Å². The number of hydrogen-bond donors (Lipinski definition) is 1. The number of ether oxygens (including phenoxy) is 1. The lowest BCUT2D eigenvalue weighted by Crippen LogP contribution is -2.33. The van der Waals surface area contributed by atoms with E-state index in [9.17, 15) is 0 Å². The summed E-state index contributed by atoms with van der Waals surface area (Å²) >= 11 is 0. The average molecular weight is 157 g/mol. The molecule has 0 aliphatic carbocycles. The Kier molecular flexibility index (Phi) is 2.90. The van der Waals surface area contributed by atoms with Gasteiger partial charge in [0.25, 0.3) is 0 Å². The molecule has 0 aromatic carbocycles. The molecule has 1 aliphatic rings. The van der Waals surface area contributed by atoms with E-state index in [0.29, 0.717) is 0 Å². The van der Waals surface area contributed by atoms with E-state index in [1.807, 2.05) is 0 Å². The van der Waals surface area contributed by atoms with Crippen molar-refractivity contribution in [3.8, 4) is 0 Å². The fraction of sp³-hybridized carbons (Fsp3) is 1.00. The Morgan fingerprint density at radius 2 is 2.00 bits per heavy atom. The van der Waals surface area contributed by atoms with Gasteiger partial charge in [-0.3, -0.25) is 5.32 Å². The van der Waals surface area contributed by atoms with Crippen LogP contribution in [-0.2, 0) is 4.74 Å². The lowest BCUT2D eigenvalue weighted by molar-refractivity contribution is 0.259. The summed E-state index contributed by atoms with van der Waals surface area (Å²) in [6, 6.07) is 0. The maximum Gasteiger partial charge on any atom is 0.140 e. The third-order valence-electron chi connectivity index (χ3n) is 2.50. The first-order valence-corrected chi connectivity index (χ1v) is 4.59. The highest BCUT2D eigenvalue weighted by Gasteiger charge is 2.38. The minimum atomic E-state index is 0.0303. The molecule has 1 atom stereocenters. The number of epoxide rings is 1. The van der Waals surface area contributed by atoms with Gasteiger partial charge >= 0.3 is 0 Å². The molecule has 2 nitrogen and oxygen atoms in total. The van der Waals surface area contributed by atoms with Gasteiger partial charge in [0.1, 0.15) is 5.72 Å². The predicted octanol–water partition coefficient (Wildman–Crippen LogP) is 1.76. The van der Waals surface area contributed by atoms with E-state index < -0.39 is 0 Å². The first-order valence-electron chi connectivity index (χ1n) is 4.59. The summed E-state index contributed by atoms with van der Waals surface area (Å²) in [5.74, 6) is 0.816. The molecule has 1 saturated heterocycles. The smallest absolute Gasteiger partial charge is 0.140 e. The van der Waals surface area contributed by atoms with Crippen LogP contribution in [0.4, 0.5) is 0 Å². The van der Waals surface area contributed by atoms with Crippen molar-refractivity contribution in [2.45, 2.75) is 39.3 Å². The number of nitrogens with one attached hydrogen (secondary N) is 1. The molecule has 1 unspecified atom stereocenters. The van der Waals surface area contributed by atoms with Crippen LogP contribution < -0.4 is 5.32 Å². The molecule has 0 amide bonds. The minimum Gasteiger partial charge on any atom is -0.354 e. The highest BCUT2D eigenvalue weighted by molar-refractivity contribution is 4.84. The zero-order chi connectivity index (χ0) is 8.32. The summed E-state index contributed by atoms with van der Waals surface area (Å²) in [7, 11) is 0. The van der Waals surface area contributed by atoms with Crippen LogP contribution in [0.5, 0.6) is 0 Å². The first-order chi connectivity index (χ1) is 5.20. The van der Waals surface area contributed by atoms with Crippen LogP contribution in [0.15, 0.2) is 0 Å². The SMILES string of the molecule is CCC(CC)CNC1(C)CO1. The molecular weight excluding hydrogens is 138 g/mol. The molecule has 0 aromatic heterocycles. The first kappa shape index (κ1) is 9.01. The Hall–Kier alpha value is -0.0800. The van der Waals surface area contributed by atoms with E-state index in [0.717, 1.165) is 19.1 Å². The van der Waals surface area contributed by atoms with Gasteiger partial charge in [0, 0.05) is 6.54 Å². The van der Waals surface area contributed by atoms with Crippen LogP contribution >= 0.6 is 0 Å². The molecular formula is C9H19NO. The molecule has 0 aromatic rings. The van der Waals surface area contributed by atoms with Crippen LogP contribution in [0, 0.1) is 5.92 Å². The Morgan fingerprint density at radius 3 is 2.36 bits per heavy atom. The van der Waals surface area contributed by atoms with Gasteiger partial charge < -0.3 is 4.74 Å². The second-order valence-corrected chi connectivity index (χ2v) is 3.58. The van der Waals surface area contributed by atoms with E-state index in [4.69, 9.17) is 4.74 Å². The molecule has 1 aliphatic heterocycles. The van der Waals surface area contributed by atoms with Crippen molar-refractivity contribution < 1.29 is 4.74 Å². The van der Waals surface area contributed by atoms with Gasteiger partial charge in [-0.25, -0.2) is 0 Å². The maximum atomic E-state index is 5.22. The van der Waals surface area contributed by atoms with E-state index in [2.05, 4.69) is 26.1 Å². The summed E-state index contributed by atoms with van der Waals surface area (Å²) in [5.41, 5.74) is 0.0303. The van der Waals surface area contributed by atoms with Crippen molar-refractivity contribution in [2.75, 3.05) is 13.2 Å². The van der Waals surface area contributed by atoms with Gasteiger partial charge in [-0.15, -0.1) is 0 Å². The fourth-order valence-electron chi connectivity index (χ4n) is 1.15. The number of hydrogen-bond acceptors (Lipinski definition) is 2. The standard InChI is InChI=1S/C9H19NO/c1-4-8(5-2)6-10-9(3)7-11-9/h8,10H,4-7H2,1-3H3. The molecule has 66 valence electrons. The van der Waals surface area contributed by atoms with Crippen LogP contribution in [-0.4, -0.2) is 18.9 Å². The van der Waals surface area contributed by atoms with Gasteiger partial charge in [-0.1, -0.05) is 26.7 Å². The molecule has 1 fully saturated rings. The molecule has 1 heterocycles. The Balaban J connectivity index is 2.09. The van der Waals surface area contributed by atoms with E-state index in [1.165, 1.54) is 12.8 Å². The second-order valence-electron chi connectivity index (χ2n) is 3.58. The van der Waals surface area contributed by atoms with Crippen LogP contribution in [0.3, 0.4) is 0 Å². The van der Waals surface area contributed by atoms with Crippen LogP contribution in [0.1, 0.15) is 33.6 Å². The quantitative estimate of drug-likeness (QED) is 0.615. The van der Waals surface area contributed by atoms with Gasteiger partial charge in [0.2, 0.25) is 0 Å². The van der Waals surface area contributed by atoms with Crippen molar-refractivity contribution in [3.05, 3.63) is 0 Å². The van der Waals surface area contributed by atoms with Crippen LogP contribution in [0.25, 0.3) is 0 Å². The summed E-state index contributed by atoms with van der Waals surface area (Å²) in [6.07, 6.45) is 2.53. The normalized spacial score (nSPS) is 29.5. The van der Waals surface area contributed by atoms with Crippen molar-refractivity contribution in [2.24, 2.45) is 5.92 Å². The number of rotatable bonds is 5. The molecule has 0 bridgehead atoms. The van der Waals surface area contributed by atoms with Gasteiger partial charge in [-0.2, -0.15) is 0 Å². The lowest BCUT2D eigenvalue weighted by atomic mass is 10.0. The molecule has 0 radical (unpaired) electrons. The third kappa shape index (κ3) is 2.80. The summed E-state index contributed by atoms with van der Waals surface area (Å²) in [6.45, 7) is 8.57. The fourth-order valence-corrected chi connectivity index (χ4v) is 1.15. The average Bonchev–Trinajstić information content (AvgIpc) is 2.71. The zero-order valence-corrected chi connectivity index (χ0v) is 7.81. The lowest BCUT2D eigenvalue weighted by Gasteiger charge is -2.15.